The normalized spacial score (nSPS) is 9.59. The molecule has 2 heterocycles. The van der Waals surface area contributed by atoms with Crippen LogP contribution in [0.4, 0.5) is 0 Å². The summed E-state index contributed by atoms with van der Waals surface area (Å²) < 4.78 is 1.98. The maximum atomic E-state index is 12.2. The number of nitrogens with zero attached hydrogens (tertiary/aromatic N) is 2. The SMILES string of the molecule is Cc1cc(C(=O)NCCCN)c(C)n1-c1ccccn1.Cl.Cl. The van der Waals surface area contributed by atoms with Gasteiger partial charge in [-0.25, -0.2) is 4.98 Å². The van der Waals surface area contributed by atoms with Gasteiger partial charge in [-0.3, -0.25) is 4.79 Å². The van der Waals surface area contributed by atoms with Crippen molar-refractivity contribution in [1.29, 1.82) is 0 Å². The molecule has 5 nitrogen and oxygen atoms in total. The summed E-state index contributed by atoms with van der Waals surface area (Å²) in [6.07, 6.45) is 2.53. The van der Waals surface area contributed by atoms with E-state index in [0.717, 1.165) is 23.6 Å². The Balaban J connectivity index is 0.00000220. The Labute approximate surface area is 143 Å². The molecule has 0 spiro atoms. The Hall–Kier alpha value is -1.56. The fraction of sp³-hybridized carbons (Fsp3) is 0.333. The van der Waals surface area contributed by atoms with Crippen LogP contribution in [0.2, 0.25) is 0 Å². The van der Waals surface area contributed by atoms with Crippen LogP contribution in [-0.2, 0) is 0 Å². The van der Waals surface area contributed by atoms with Gasteiger partial charge in [0.05, 0.1) is 5.56 Å². The standard InChI is InChI=1S/C15H20N4O.2ClH/c1-11-10-13(15(20)18-9-5-7-16)12(2)19(11)14-6-3-4-8-17-14;;/h3-4,6,8,10H,5,7,9,16H2,1-2H3,(H,18,20);2*1H. The number of carbonyl (C=O) groups is 1. The van der Waals surface area contributed by atoms with E-state index in [1.54, 1.807) is 6.20 Å². The molecule has 2 aromatic heterocycles. The molecule has 22 heavy (non-hydrogen) atoms. The summed E-state index contributed by atoms with van der Waals surface area (Å²) in [5.41, 5.74) is 7.99. The Morgan fingerprint density at radius 3 is 2.64 bits per heavy atom. The summed E-state index contributed by atoms with van der Waals surface area (Å²) in [7, 11) is 0. The second kappa shape index (κ2) is 9.46. The third-order valence-corrected chi connectivity index (χ3v) is 3.22. The van der Waals surface area contributed by atoms with E-state index in [4.69, 9.17) is 5.73 Å². The van der Waals surface area contributed by atoms with Crippen LogP contribution < -0.4 is 11.1 Å². The van der Waals surface area contributed by atoms with E-state index < -0.39 is 0 Å². The number of hydrogen-bond donors (Lipinski definition) is 2. The third-order valence-electron chi connectivity index (χ3n) is 3.22. The number of rotatable bonds is 5. The molecule has 0 aliphatic rings. The molecule has 0 aliphatic heterocycles. The lowest BCUT2D eigenvalue weighted by molar-refractivity contribution is 0.0953. The van der Waals surface area contributed by atoms with Crippen molar-refractivity contribution in [2.45, 2.75) is 20.3 Å². The van der Waals surface area contributed by atoms with E-state index >= 15 is 0 Å². The lowest BCUT2D eigenvalue weighted by atomic mass is 10.2. The molecule has 0 atom stereocenters. The Kier molecular flexibility index (Phi) is 8.79. The first-order valence-electron chi connectivity index (χ1n) is 6.73. The first-order valence-corrected chi connectivity index (χ1v) is 6.73. The van der Waals surface area contributed by atoms with Gasteiger partial charge in [0.2, 0.25) is 0 Å². The quantitative estimate of drug-likeness (QED) is 0.818. The molecule has 0 aliphatic carbocycles. The van der Waals surface area contributed by atoms with Crippen LogP contribution in [-0.4, -0.2) is 28.5 Å². The maximum absolute atomic E-state index is 12.2. The van der Waals surface area contributed by atoms with Crippen molar-refractivity contribution in [2.24, 2.45) is 5.73 Å². The van der Waals surface area contributed by atoms with Crippen molar-refractivity contribution >= 4 is 30.7 Å². The zero-order valence-electron chi connectivity index (χ0n) is 12.7. The van der Waals surface area contributed by atoms with Gasteiger partial charge in [-0.2, -0.15) is 0 Å². The van der Waals surface area contributed by atoms with E-state index in [1.165, 1.54) is 0 Å². The van der Waals surface area contributed by atoms with Crippen LogP contribution in [0, 0.1) is 13.8 Å². The van der Waals surface area contributed by atoms with Crippen LogP contribution in [0.25, 0.3) is 5.82 Å². The highest BCUT2D eigenvalue weighted by Gasteiger charge is 2.16. The smallest absolute Gasteiger partial charge is 0.253 e. The minimum absolute atomic E-state index is 0. The van der Waals surface area contributed by atoms with E-state index in [-0.39, 0.29) is 30.7 Å². The molecule has 122 valence electrons. The highest BCUT2D eigenvalue weighted by atomic mass is 35.5. The van der Waals surface area contributed by atoms with Crippen molar-refractivity contribution in [3.63, 3.8) is 0 Å². The number of halogens is 2. The van der Waals surface area contributed by atoms with Gasteiger partial charge in [-0.15, -0.1) is 24.8 Å². The fourth-order valence-electron chi connectivity index (χ4n) is 2.23. The van der Waals surface area contributed by atoms with Gasteiger partial charge in [0.25, 0.3) is 5.91 Å². The first-order chi connectivity index (χ1) is 9.65. The van der Waals surface area contributed by atoms with Crippen molar-refractivity contribution in [3.8, 4) is 5.82 Å². The molecule has 2 rings (SSSR count). The minimum atomic E-state index is -0.0614. The fourth-order valence-corrected chi connectivity index (χ4v) is 2.23. The monoisotopic (exact) mass is 344 g/mol. The van der Waals surface area contributed by atoms with Crippen molar-refractivity contribution in [2.75, 3.05) is 13.1 Å². The number of hydrogen-bond acceptors (Lipinski definition) is 3. The van der Waals surface area contributed by atoms with E-state index in [2.05, 4.69) is 10.3 Å². The summed E-state index contributed by atoms with van der Waals surface area (Å²) in [6.45, 7) is 5.08. The van der Waals surface area contributed by atoms with Gasteiger partial charge in [0.15, 0.2) is 0 Å². The molecule has 7 heteroatoms. The van der Waals surface area contributed by atoms with Gasteiger partial charge < -0.3 is 15.6 Å². The van der Waals surface area contributed by atoms with Crippen LogP contribution >= 0.6 is 24.8 Å². The summed E-state index contributed by atoms with van der Waals surface area (Å²) >= 11 is 0. The number of pyridine rings is 1. The van der Waals surface area contributed by atoms with Gasteiger partial charge in [-0.1, -0.05) is 6.07 Å². The maximum Gasteiger partial charge on any atom is 0.253 e. The lowest BCUT2D eigenvalue weighted by Gasteiger charge is -2.08. The Morgan fingerprint density at radius 1 is 1.32 bits per heavy atom. The molecule has 0 saturated carbocycles. The zero-order valence-corrected chi connectivity index (χ0v) is 14.3. The number of nitrogens with one attached hydrogen (secondary N) is 1. The summed E-state index contributed by atoms with van der Waals surface area (Å²) in [4.78, 5) is 16.5. The van der Waals surface area contributed by atoms with Crippen LogP contribution in [0.3, 0.4) is 0 Å². The Morgan fingerprint density at radius 2 is 2.05 bits per heavy atom. The second-order valence-corrected chi connectivity index (χ2v) is 4.71. The third kappa shape index (κ3) is 4.47. The highest BCUT2D eigenvalue weighted by Crippen LogP contribution is 2.19. The van der Waals surface area contributed by atoms with Crippen molar-refractivity contribution in [1.82, 2.24) is 14.9 Å². The zero-order chi connectivity index (χ0) is 14.5. The highest BCUT2D eigenvalue weighted by molar-refractivity contribution is 5.95. The number of aryl methyl sites for hydroxylation is 1. The molecule has 0 radical (unpaired) electrons. The first kappa shape index (κ1) is 20.4. The molecular weight excluding hydrogens is 323 g/mol. The average Bonchev–Trinajstić information content (AvgIpc) is 2.75. The summed E-state index contributed by atoms with van der Waals surface area (Å²) in [5.74, 6) is 0.761. The molecule has 0 saturated heterocycles. The molecule has 1 amide bonds. The number of nitrogens with two attached hydrogens (primary N) is 1. The predicted octanol–water partition coefficient (Wildman–Crippen LogP) is 2.41. The molecular formula is C15H22Cl2N4O. The number of aromatic nitrogens is 2. The van der Waals surface area contributed by atoms with E-state index in [9.17, 15) is 4.79 Å². The Bertz CT molecular complexity index is 599. The van der Waals surface area contributed by atoms with Crippen LogP contribution in [0.5, 0.6) is 0 Å². The number of amides is 1. The van der Waals surface area contributed by atoms with E-state index in [0.29, 0.717) is 18.7 Å². The summed E-state index contributed by atoms with van der Waals surface area (Å²) in [6, 6.07) is 7.62. The molecule has 0 bridgehead atoms. The minimum Gasteiger partial charge on any atom is -0.352 e. The largest absolute Gasteiger partial charge is 0.352 e. The molecule has 0 fully saturated rings. The van der Waals surface area contributed by atoms with Crippen LogP contribution in [0.1, 0.15) is 28.2 Å². The van der Waals surface area contributed by atoms with E-state index in [1.807, 2.05) is 42.7 Å². The molecule has 3 N–H and O–H groups in total. The van der Waals surface area contributed by atoms with Gasteiger partial charge in [0.1, 0.15) is 5.82 Å². The predicted molar refractivity (Wildman–Crippen MR) is 93.5 cm³/mol. The molecule has 0 aromatic carbocycles. The van der Waals surface area contributed by atoms with Gasteiger partial charge in [-0.05, 0) is 45.0 Å². The van der Waals surface area contributed by atoms with Crippen LogP contribution in [0.15, 0.2) is 30.5 Å². The average molecular weight is 345 g/mol. The van der Waals surface area contributed by atoms with Crippen molar-refractivity contribution < 1.29 is 4.79 Å². The second-order valence-electron chi connectivity index (χ2n) is 4.71. The lowest BCUT2D eigenvalue weighted by Crippen LogP contribution is -2.26. The summed E-state index contributed by atoms with van der Waals surface area (Å²) in [5, 5.41) is 2.88. The number of carbonyl (C=O) groups excluding carboxylic acids is 1. The molecule has 2 aromatic rings. The topological polar surface area (TPSA) is 72.9 Å². The van der Waals surface area contributed by atoms with Crippen molar-refractivity contribution in [3.05, 3.63) is 47.4 Å². The molecule has 0 unspecified atom stereocenters. The van der Waals surface area contributed by atoms with Gasteiger partial charge >= 0.3 is 0 Å². The van der Waals surface area contributed by atoms with Gasteiger partial charge in [0, 0.05) is 24.1 Å².